The van der Waals surface area contributed by atoms with Crippen molar-refractivity contribution in [2.24, 2.45) is 0 Å². The molecule has 1 aliphatic rings. The Balaban J connectivity index is 2.44. The van der Waals surface area contributed by atoms with E-state index in [2.05, 4.69) is 0 Å². The van der Waals surface area contributed by atoms with Gasteiger partial charge in [0.2, 0.25) is 10.0 Å². The Morgan fingerprint density at radius 3 is 2.57 bits per heavy atom. The van der Waals surface area contributed by atoms with Crippen molar-refractivity contribution in [3.63, 3.8) is 0 Å². The lowest BCUT2D eigenvalue weighted by Crippen LogP contribution is -2.40. The summed E-state index contributed by atoms with van der Waals surface area (Å²) in [6.07, 6.45) is -1.17. The Bertz CT molecular complexity index is 684. The number of aliphatic hydroxyl groups excluding tert-OH is 1. The summed E-state index contributed by atoms with van der Waals surface area (Å²) in [5.41, 5.74) is 0.225. The summed E-state index contributed by atoms with van der Waals surface area (Å²) in [5, 5.41) is 18.6. The molecule has 0 aliphatic carbocycles. The van der Waals surface area contributed by atoms with E-state index in [9.17, 15) is 23.1 Å². The number of carboxylic acids is 1. The van der Waals surface area contributed by atoms with Gasteiger partial charge in [0, 0.05) is 18.5 Å². The highest BCUT2D eigenvalue weighted by atomic mass is 32.2. The number of carboxylic acid groups (broad SMARTS) is 1. The van der Waals surface area contributed by atoms with Gasteiger partial charge in [0.05, 0.1) is 11.0 Å². The molecule has 7 nitrogen and oxygen atoms in total. The van der Waals surface area contributed by atoms with Crippen molar-refractivity contribution in [2.75, 3.05) is 6.54 Å². The van der Waals surface area contributed by atoms with Crippen LogP contribution in [0.5, 0.6) is 0 Å². The summed E-state index contributed by atoms with van der Waals surface area (Å²) in [7, 11) is -4.08. The molecule has 0 radical (unpaired) electrons. The van der Waals surface area contributed by atoms with E-state index in [4.69, 9.17) is 5.11 Å². The number of β-amino-alcohol motifs (C(OH)–C–C–N with tert-alkyl or cyclic N) is 1. The first-order chi connectivity index (χ1) is 9.73. The van der Waals surface area contributed by atoms with Crippen LogP contribution in [0, 0.1) is 0 Å². The van der Waals surface area contributed by atoms with Gasteiger partial charge in [0.15, 0.2) is 5.78 Å². The monoisotopic (exact) mass is 313 g/mol. The molecule has 0 unspecified atom stereocenters. The number of hydrogen-bond donors (Lipinski definition) is 2. The summed E-state index contributed by atoms with van der Waals surface area (Å²) < 4.78 is 25.8. The smallest absolute Gasteiger partial charge is 0.322 e. The van der Waals surface area contributed by atoms with E-state index in [1.54, 1.807) is 0 Å². The molecule has 0 amide bonds. The molecular weight excluding hydrogens is 298 g/mol. The molecule has 1 heterocycles. The van der Waals surface area contributed by atoms with Crippen molar-refractivity contribution in [3.05, 3.63) is 29.8 Å². The zero-order valence-corrected chi connectivity index (χ0v) is 12.1. The molecular formula is C13H15NO6S. The van der Waals surface area contributed by atoms with Crippen molar-refractivity contribution in [2.45, 2.75) is 30.4 Å². The fourth-order valence-electron chi connectivity index (χ4n) is 2.29. The SMILES string of the molecule is CC(=O)c1cccc(S(=O)(=O)N2C[C@H](O)C[C@H]2C(=O)O)c1. The van der Waals surface area contributed by atoms with Crippen LogP contribution in [-0.2, 0) is 14.8 Å². The third-order valence-electron chi connectivity index (χ3n) is 3.37. The van der Waals surface area contributed by atoms with Gasteiger partial charge < -0.3 is 10.2 Å². The maximum Gasteiger partial charge on any atom is 0.322 e. The van der Waals surface area contributed by atoms with Crippen LogP contribution in [0.25, 0.3) is 0 Å². The molecule has 2 rings (SSSR count). The number of sulfonamides is 1. The number of benzene rings is 1. The lowest BCUT2D eigenvalue weighted by atomic mass is 10.2. The number of carbonyl (C=O) groups is 2. The molecule has 1 saturated heterocycles. The minimum Gasteiger partial charge on any atom is -0.480 e. The minimum atomic E-state index is -4.08. The minimum absolute atomic E-state index is 0.152. The van der Waals surface area contributed by atoms with Crippen LogP contribution in [-0.4, -0.2) is 53.4 Å². The Morgan fingerprint density at radius 2 is 2.00 bits per heavy atom. The fourth-order valence-corrected chi connectivity index (χ4v) is 3.96. The Labute approximate surface area is 121 Å². The molecule has 1 fully saturated rings. The highest BCUT2D eigenvalue weighted by Crippen LogP contribution is 2.27. The molecule has 1 aromatic carbocycles. The van der Waals surface area contributed by atoms with E-state index in [0.717, 1.165) is 4.31 Å². The average molecular weight is 313 g/mol. The second-order valence-corrected chi connectivity index (χ2v) is 6.79. The molecule has 21 heavy (non-hydrogen) atoms. The number of carbonyl (C=O) groups excluding carboxylic acids is 1. The summed E-state index contributed by atoms with van der Waals surface area (Å²) in [6, 6.07) is 4.11. The first-order valence-electron chi connectivity index (χ1n) is 6.27. The highest BCUT2D eigenvalue weighted by molar-refractivity contribution is 7.89. The van der Waals surface area contributed by atoms with Crippen LogP contribution < -0.4 is 0 Å². The fraction of sp³-hybridized carbons (Fsp3) is 0.385. The topological polar surface area (TPSA) is 112 Å². The van der Waals surface area contributed by atoms with Crippen molar-refractivity contribution < 1.29 is 28.2 Å². The standard InChI is InChI=1S/C13H15NO6S/c1-8(15)9-3-2-4-11(5-9)21(19,20)14-7-10(16)6-12(14)13(17)18/h2-5,10,12,16H,6-7H2,1H3,(H,17,18)/t10-,12+/m1/s1. The average Bonchev–Trinajstić information content (AvgIpc) is 2.82. The predicted octanol–water partition coefficient (Wildman–Crippen LogP) is 0.0977. The van der Waals surface area contributed by atoms with Crippen LogP contribution in [0.15, 0.2) is 29.2 Å². The molecule has 0 aromatic heterocycles. The first kappa shape index (κ1) is 15.6. The molecule has 0 spiro atoms. The number of rotatable bonds is 4. The second kappa shape index (κ2) is 5.55. The van der Waals surface area contributed by atoms with Gasteiger partial charge in [-0.05, 0) is 19.1 Å². The Hall–Kier alpha value is -1.77. The van der Waals surface area contributed by atoms with Crippen LogP contribution in [0.4, 0.5) is 0 Å². The van der Waals surface area contributed by atoms with Gasteiger partial charge in [0.25, 0.3) is 0 Å². The van der Waals surface area contributed by atoms with Crippen LogP contribution in [0.3, 0.4) is 0 Å². The molecule has 114 valence electrons. The number of aliphatic hydroxyl groups is 1. The molecule has 2 N–H and O–H groups in total. The number of hydrogen-bond acceptors (Lipinski definition) is 5. The normalized spacial score (nSPS) is 23.1. The van der Waals surface area contributed by atoms with Crippen molar-refractivity contribution >= 4 is 21.8 Å². The van der Waals surface area contributed by atoms with E-state index < -0.39 is 28.1 Å². The summed E-state index contributed by atoms with van der Waals surface area (Å²) in [5.74, 6) is -1.60. The van der Waals surface area contributed by atoms with Gasteiger partial charge >= 0.3 is 5.97 Å². The lowest BCUT2D eigenvalue weighted by Gasteiger charge is -2.20. The van der Waals surface area contributed by atoms with Gasteiger partial charge in [0.1, 0.15) is 6.04 Å². The van der Waals surface area contributed by atoms with E-state index in [1.165, 1.54) is 31.2 Å². The van der Waals surface area contributed by atoms with E-state index in [-0.39, 0.29) is 29.2 Å². The van der Waals surface area contributed by atoms with E-state index in [1.807, 2.05) is 0 Å². The Kier molecular flexibility index (Phi) is 4.13. The van der Waals surface area contributed by atoms with Crippen LogP contribution in [0.2, 0.25) is 0 Å². The third kappa shape index (κ3) is 2.97. The largest absolute Gasteiger partial charge is 0.480 e. The zero-order chi connectivity index (χ0) is 15.8. The molecule has 0 bridgehead atoms. The predicted molar refractivity (Wildman–Crippen MR) is 72.4 cm³/mol. The van der Waals surface area contributed by atoms with Crippen LogP contribution >= 0.6 is 0 Å². The summed E-state index contributed by atoms with van der Waals surface area (Å²) in [6.45, 7) is 1.04. The Morgan fingerprint density at radius 1 is 1.33 bits per heavy atom. The molecule has 8 heteroatoms. The van der Waals surface area contributed by atoms with Crippen LogP contribution in [0.1, 0.15) is 23.7 Å². The maximum absolute atomic E-state index is 12.5. The number of nitrogens with zero attached hydrogens (tertiary/aromatic N) is 1. The van der Waals surface area contributed by atoms with Gasteiger partial charge in [-0.15, -0.1) is 0 Å². The highest BCUT2D eigenvalue weighted by Gasteiger charge is 2.43. The van der Waals surface area contributed by atoms with Gasteiger partial charge in [-0.1, -0.05) is 12.1 Å². The number of ketones is 1. The van der Waals surface area contributed by atoms with Crippen molar-refractivity contribution in [1.82, 2.24) is 4.31 Å². The molecule has 2 atom stereocenters. The maximum atomic E-state index is 12.5. The number of aliphatic carboxylic acids is 1. The quantitative estimate of drug-likeness (QED) is 0.762. The van der Waals surface area contributed by atoms with E-state index >= 15 is 0 Å². The van der Waals surface area contributed by atoms with E-state index in [0.29, 0.717) is 0 Å². The van der Waals surface area contributed by atoms with Crippen molar-refractivity contribution in [1.29, 1.82) is 0 Å². The first-order valence-corrected chi connectivity index (χ1v) is 7.71. The second-order valence-electron chi connectivity index (χ2n) is 4.90. The van der Waals surface area contributed by atoms with Gasteiger partial charge in [-0.3, -0.25) is 9.59 Å². The van der Waals surface area contributed by atoms with Gasteiger partial charge in [-0.25, -0.2) is 8.42 Å². The summed E-state index contributed by atoms with van der Waals surface area (Å²) in [4.78, 5) is 22.3. The van der Waals surface area contributed by atoms with Crippen molar-refractivity contribution in [3.8, 4) is 0 Å². The zero-order valence-electron chi connectivity index (χ0n) is 11.3. The lowest BCUT2D eigenvalue weighted by molar-refractivity contribution is -0.140. The summed E-state index contributed by atoms with van der Waals surface area (Å²) >= 11 is 0. The molecule has 1 aromatic rings. The molecule has 0 saturated carbocycles. The molecule has 1 aliphatic heterocycles. The number of Topliss-reactive ketones (excluding diaryl/α,β-unsaturated/α-hetero) is 1. The van der Waals surface area contributed by atoms with Gasteiger partial charge in [-0.2, -0.15) is 4.31 Å². The third-order valence-corrected chi connectivity index (χ3v) is 5.24.